The van der Waals surface area contributed by atoms with E-state index in [-0.39, 0.29) is 0 Å². The summed E-state index contributed by atoms with van der Waals surface area (Å²) >= 11 is 4.83. The minimum absolute atomic E-state index is 0.608. The number of unbranched alkanes of at least 4 members (excludes halogenated alkanes) is 1. The highest BCUT2D eigenvalue weighted by molar-refractivity contribution is 7.71. The van der Waals surface area contributed by atoms with Crippen LogP contribution in [0.3, 0.4) is 0 Å². The summed E-state index contributed by atoms with van der Waals surface area (Å²) in [5, 5.41) is 6.57. The van der Waals surface area contributed by atoms with E-state index in [0.717, 1.165) is 12.8 Å². The lowest BCUT2D eigenvalue weighted by molar-refractivity contribution is 0.294. The van der Waals surface area contributed by atoms with Crippen LogP contribution in [0.4, 0.5) is 0 Å². The van der Waals surface area contributed by atoms with Crippen LogP contribution in [0.15, 0.2) is 12.1 Å². The summed E-state index contributed by atoms with van der Waals surface area (Å²) < 4.78 is 5.94. The molecule has 0 aromatic carbocycles. The summed E-state index contributed by atoms with van der Waals surface area (Å²) in [6, 6.07) is 3.54. The van der Waals surface area contributed by atoms with Crippen molar-refractivity contribution in [3.05, 3.63) is 16.8 Å². The summed E-state index contributed by atoms with van der Waals surface area (Å²) in [4.78, 5) is 0. The Kier molecular flexibility index (Phi) is 3.73. The number of aromatic amines is 1. The van der Waals surface area contributed by atoms with Crippen molar-refractivity contribution in [2.75, 3.05) is 6.61 Å². The number of nitrogens with zero attached hydrogens (tertiary/aromatic N) is 1. The van der Waals surface area contributed by atoms with Crippen LogP contribution >= 0.6 is 12.2 Å². The maximum Gasteiger partial charge on any atom is 0.231 e. The molecule has 0 aliphatic heterocycles. The molecule has 12 heavy (non-hydrogen) atoms. The van der Waals surface area contributed by atoms with Crippen molar-refractivity contribution in [1.82, 2.24) is 10.2 Å². The van der Waals surface area contributed by atoms with Gasteiger partial charge in [-0.05, 0) is 12.5 Å². The van der Waals surface area contributed by atoms with Gasteiger partial charge in [0, 0.05) is 6.07 Å². The van der Waals surface area contributed by atoms with Crippen molar-refractivity contribution in [1.29, 1.82) is 0 Å². The predicted octanol–water partition coefficient (Wildman–Crippen LogP) is 2.32. The van der Waals surface area contributed by atoms with Crippen LogP contribution in [-0.2, 0) is 0 Å². The highest BCUT2D eigenvalue weighted by Gasteiger charge is 1.91. The molecule has 0 aliphatic rings. The average Bonchev–Trinajstić information content (AvgIpc) is 2.09. The van der Waals surface area contributed by atoms with E-state index < -0.39 is 0 Å². The highest BCUT2D eigenvalue weighted by atomic mass is 32.1. The quantitative estimate of drug-likeness (QED) is 0.576. The molecule has 0 bridgehead atoms. The van der Waals surface area contributed by atoms with Crippen LogP contribution in [0.25, 0.3) is 0 Å². The molecule has 3 nitrogen and oxygen atoms in total. The van der Waals surface area contributed by atoms with Crippen LogP contribution in [-0.4, -0.2) is 16.8 Å². The molecule has 0 spiro atoms. The van der Waals surface area contributed by atoms with Crippen molar-refractivity contribution in [3.63, 3.8) is 0 Å². The molecule has 1 rings (SSSR count). The molecule has 4 heteroatoms. The number of ether oxygens (including phenoxy) is 1. The first-order valence-electron chi connectivity index (χ1n) is 4.01. The molecule has 0 saturated heterocycles. The van der Waals surface area contributed by atoms with Crippen molar-refractivity contribution < 1.29 is 4.74 Å². The minimum Gasteiger partial charge on any atom is -0.477 e. The molecule has 1 N–H and O–H groups in total. The zero-order chi connectivity index (χ0) is 8.81. The van der Waals surface area contributed by atoms with E-state index >= 15 is 0 Å². The zero-order valence-corrected chi connectivity index (χ0v) is 7.86. The van der Waals surface area contributed by atoms with E-state index in [0.29, 0.717) is 17.1 Å². The van der Waals surface area contributed by atoms with Gasteiger partial charge >= 0.3 is 0 Å². The number of nitrogens with one attached hydrogen (secondary N) is 1. The normalized spacial score (nSPS) is 9.75. The molecular weight excluding hydrogens is 172 g/mol. The maximum atomic E-state index is 5.31. The van der Waals surface area contributed by atoms with Gasteiger partial charge in [-0.1, -0.05) is 25.6 Å². The fourth-order valence-corrected chi connectivity index (χ4v) is 0.847. The van der Waals surface area contributed by atoms with E-state index in [1.165, 1.54) is 0 Å². The minimum atomic E-state index is 0.608. The van der Waals surface area contributed by atoms with Crippen molar-refractivity contribution >= 4 is 12.2 Å². The molecule has 1 aromatic rings. The van der Waals surface area contributed by atoms with Gasteiger partial charge < -0.3 is 4.74 Å². The summed E-state index contributed by atoms with van der Waals surface area (Å²) in [7, 11) is 0. The van der Waals surface area contributed by atoms with Crippen LogP contribution in [0, 0.1) is 4.64 Å². The van der Waals surface area contributed by atoms with E-state index in [1.807, 2.05) is 0 Å². The monoisotopic (exact) mass is 184 g/mol. The SMILES string of the molecule is CCCCOc1ccc(=S)[nH]n1. The standard InChI is InChI=1S/C8H12N2OS/c1-2-3-6-11-7-4-5-8(12)10-9-7/h4-5H,2-3,6H2,1H3,(H,10,12). The van der Waals surface area contributed by atoms with Crippen molar-refractivity contribution in [3.8, 4) is 5.88 Å². The first kappa shape index (κ1) is 9.19. The van der Waals surface area contributed by atoms with Crippen LogP contribution < -0.4 is 4.74 Å². The molecule has 0 saturated carbocycles. The van der Waals surface area contributed by atoms with Gasteiger partial charge in [0.1, 0.15) is 4.64 Å². The van der Waals surface area contributed by atoms with Crippen molar-refractivity contribution in [2.24, 2.45) is 0 Å². The zero-order valence-electron chi connectivity index (χ0n) is 7.04. The second kappa shape index (κ2) is 4.87. The van der Waals surface area contributed by atoms with E-state index in [2.05, 4.69) is 17.1 Å². The Morgan fingerprint density at radius 1 is 1.58 bits per heavy atom. The number of aromatic nitrogens is 2. The Bertz CT molecular complexity index is 264. The van der Waals surface area contributed by atoms with Gasteiger partial charge in [0.05, 0.1) is 6.61 Å². The fraction of sp³-hybridized carbons (Fsp3) is 0.500. The van der Waals surface area contributed by atoms with Crippen LogP contribution in [0.1, 0.15) is 19.8 Å². The molecule has 66 valence electrons. The summed E-state index contributed by atoms with van der Waals surface area (Å²) in [6.07, 6.45) is 2.18. The van der Waals surface area contributed by atoms with Gasteiger partial charge in [-0.15, -0.1) is 5.10 Å². The third-order valence-electron chi connectivity index (χ3n) is 1.40. The van der Waals surface area contributed by atoms with Gasteiger partial charge in [0.2, 0.25) is 5.88 Å². The number of rotatable bonds is 4. The Morgan fingerprint density at radius 2 is 2.42 bits per heavy atom. The summed E-state index contributed by atoms with van der Waals surface area (Å²) in [5.74, 6) is 0.608. The Morgan fingerprint density at radius 3 is 3.00 bits per heavy atom. The third kappa shape index (κ3) is 3.00. The predicted molar refractivity (Wildman–Crippen MR) is 49.8 cm³/mol. The number of hydrogen-bond acceptors (Lipinski definition) is 3. The lowest BCUT2D eigenvalue weighted by Crippen LogP contribution is -1.98. The van der Waals surface area contributed by atoms with Gasteiger partial charge in [-0.25, -0.2) is 0 Å². The molecule has 0 unspecified atom stereocenters. The van der Waals surface area contributed by atoms with Crippen LogP contribution in [0.5, 0.6) is 5.88 Å². The largest absolute Gasteiger partial charge is 0.477 e. The second-order valence-electron chi connectivity index (χ2n) is 2.46. The van der Waals surface area contributed by atoms with Gasteiger partial charge in [0.15, 0.2) is 0 Å². The molecule has 0 amide bonds. The third-order valence-corrected chi connectivity index (χ3v) is 1.63. The Balaban J connectivity index is 2.42. The van der Waals surface area contributed by atoms with E-state index in [9.17, 15) is 0 Å². The first-order valence-corrected chi connectivity index (χ1v) is 4.42. The molecule has 0 fully saturated rings. The number of hydrogen-bond donors (Lipinski definition) is 1. The molecule has 0 radical (unpaired) electrons. The molecule has 0 aliphatic carbocycles. The lowest BCUT2D eigenvalue weighted by Gasteiger charge is -2.01. The average molecular weight is 184 g/mol. The molecule has 1 heterocycles. The molecule has 0 atom stereocenters. The first-order chi connectivity index (χ1) is 5.83. The fourth-order valence-electron chi connectivity index (χ4n) is 0.733. The Hall–Kier alpha value is -0.900. The topological polar surface area (TPSA) is 37.9 Å². The van der Waals surface area contributed by atoms with E-state index in [4.69, 9.17) is 17.0 Å². The lowest BCUT2D eigenvalue weighted by atomic mass is 10.4. The van der Waals surface area contributed by atoms with Crippen molar-refractivity contribution in [2.45, 2.75) is 19.8 Å². The van der Waals surface area contributed by atoms with Gasteiger partial charge in [-0.3, -0.25) is 5.10 Å². The van der Waals surface area contributed by atoms with Crippen LogP contribution in [0.2, 0.25) is 0 Å². The summed E-state index contributed by atoms with van der Waals surface area (Å²) in [5.41, 5.74) is 0. The smallest absolute Gasteiger partial charge is 0.231 e. The summed E-state index contributed by atoms with van der Waals surface area (Å²) in [6.45, 7) is 2.84. The molecular formula is C8H12N2OS. The second-order valence-corrected chi connectivity index (χ2v) is 2.90. The Labute approximate surface area is 76.8 Å². The highest BCUT2D eigenvalue weighted by Crippen LogP contribution is 2.03. The van der Waals surface area contributed by atoms with E-state index in [1.54, 1.807) is 12.1 Å². The molecule has 1 aromatic heterocycles. The van der Waals surface area contributed by atoms with Gasteiger partial charge in [0.25, 0.3) is 0 Å². The number of H-pyrrole nitrogens is 1. The maximum absolute atomic E-state index is 5.31. The van der Waals surface area contributed by atoms with Gasteiger partial charge in [-0.2, -0.15) is 0 Å².